The van der Waals surface area contributed by atoms with Crippen LogP contribution in [0.15, 0.2) is 0 Å². The fourth-order valence-electron chi connectivity index (χ4n) is 3.04. The molecule has 0 aromatic carbocycles. The van der Waals surface area contributed by atoms with Gasteiger partial charge in [0.2, 0.25) is 11.8 Å². The smallest absolute Gasteiger partial charge is 0.233 e. The minimum atomic E-state index is -0.101. The first kappa shape index (κ1) is 11.6. The Morgan fingerprint density at radius 3 is 2.31 bits per heavy atom. The second-order valence-electron chi connectivity index (χ2n) is 4.76. The first-order valence-corrected chi connectivity index (χ1v) is 6.18. The van der Waals surface area contributed by atoms with Gasteiger partial charge in [0, 0.05) is 12.6 Å². The lowest BCUT2D eigenvalue weighted by molar-refractivity contribution is -0.143. The van der Waals surface area contributed by atoms with E-state index in [1.807, 2.05) is 6.92 Å². The number of aliphatic hydroxyl groups excluding tert-OH is 1. The average Bonchev–Trinajstić information content (AvgIpc) is 2.83. The van der Waals surface area contributed by atoms with Crippen LogP contribution in [0.2, 0.25) is 0 Å². The number of rotatable bonds is 4. The summed E-state index contributed by atoms with van der Waals surface area (Å²) >= 11 is 0. The van der Waals surface area contributed by atoms with Crippen molar-refractivity contribution < 1.29 is 14.7 Å². The summed E-state index contributed by atoms with van der Waals surface area (Å²) in [6.45, 7) is 1.99. The van der Waals surface area contributed by atoms with Crippen molar-refractivity contribution >= 4 is 11.8 Å². The van der Waals surface area contributed by atoms with Gasteiger partial charge in [-0.1, -0.05) is 13.3 Å². The van der Waals surface area contributed by atoms with E-state index in [9.17, 15) is 9.59 Å². The predicted molar refractivity (Wildman–Crippen MR) is 58.5 cm³/mol. The van der Waals surface area contributed by atoms with Gasteiger partial charge in [0.15, 0.2) is 0 Å². The molecule has 2 amide bonds. The summed E-state index contributed by atoms with van der Waals surface area (Å²) in [6.07, 6.45) is 3.96. The van der Waals surface area contributed by atoms with Crippen LogP contribution in [-0.4, -0.2) is 34.5 Å². The number of aliphatic hydroxyl groups is 1. The molecule has 0 radical (unpaired) electrons. The summed E-state index contributed by atoms with van der Waals surface area (Å²) in [6, 6.07) is -0.101. The van der Waals surface area contributed by atoms with Crippen molar-refractivity contribution in [1.29, 1.82) is 0 Å². The van der Waals surface area contributed by atoms with E-state index in [4.69, 9.17) is 5.11 Å². The molecule has 1 saturated carbocycles. The molecule has 1 N–H and O–H groups in total. The molecular weight excluding hydrogens is 206 g/mol. The van der Waals surface area contributed by atoms with E-state index < -0.39 is 0 Å². The topological polar surface area (TPSA) is 57.6 Å². The van der Waals surface area contributed by atoms with Crippen LogP contribution in [-0.2, 0) is 9.59 Å². The van der Waals surface area contributed by atoms with E-state index in [2.05, 4.69) is 0 Å². The largest absolute Gasteiger partial charge is 0.396 e. The lowest BCUT2D eigenvalue weighted by Crippen LogP contribution is -2.41. The molecule has 1 aliphatic heterocycles. The van der Waals surface area contributed by atoms with Gasteiger partial charge in [-0.3, -0.25) is 14.5 Å². The molecule has 0 bridgehead atoms. The van der Waals surface area contributed by atoms with Crippen LogP contribution >= 0.6 is 0 Å². The number of hydrogen-bond donors (Lipinski definition) is 1. The third-order valence-electron chi connectivity index (χ3n) is 3.92. The zero-order valence-corrected chi connectivity index (χ0v) is 9.69. The second kappa shape index (κ2) is 4.53. The van der Waals surface area contributed by atoms with Crippen molar-refractivity contribution in [2.45, 2.75) is 45.1 Å². The van der Waals surface area contributed by atoms with Crippen LogP contribution in [0, 0.1) is 11.8 Å². The Labute approximate surface area is 95.6 Å². The van der Waals surface area contributed by atoms with Crippen molar-refractivity contribution in [2.24, 2.45) is 11.8 Å². The van der Waals surface area contributed by atoms with Crippen molar-refractivity contribution in [3.63, 3.8) is 0 Å². The summed E-state index contributed by atoms with van der Waals surface area (Å²) in [5.41, 5.74) is 0. The van der Waals surface area contributed by atoms with Crippen LogP contribution in [0.4, 0.5) is 0 Å². The molecular formula is C12H19NO3. The van der Waals surface area contributed by atoms with E-state index >= 15 is 0 Å². The predicted octanol–water partition coefficient (Wildman–Crippen LogP) is 0.933. The van der Waals surface area contributed by atoms with E-state index in [-0.39, 0.29) is 36.3 Å². The highest BCUT2D eigenvalue weighted by molar-refractivity contribution is 6.05. The molecule has 2 rings (SSSR count). The minimum absolute atomic E-state index is 0.00722. The van der Waals surface area contributed by atoms with Crippen LogP contribution < -0.4 is 0 Å². The maximum absolute atomic E-state index is 12.1. The second-order valence-corrected chi connectivity index (χ2v) is 4.76. The third-order valence-corrected chi connectivity index (χ3v) is 3.92. The Balaban J connectivity index is 2.16. The Morgan fingerprint density at radius 2 is 1.88 bits per heavy atom. The summed E-state index contributed by atoms with van der Waals surface area (Å²) in [4.78, 5) is 25.6. The van der Waals surface area contributed by atoms with E-state index in [0.29, 0.717) is 6.42 Å². The van der Waals surface area contributed by atoms with Crippen LogP contribution in [0.1, 0.15) is 39.0 Å². The number of amides is 2. The molecule has 1 heterocycles. The third kappa shape index (κ3) is 1.65. The van der Waals surface area contributed by atoms with Gasteiger partial charge in [0.05, 0.1) is 11.8 Å². The highest BCUT2D eigenvalue weighted by Gasteiger charge is 2.51. The quantitative estimate of drug-likeness (QED) is 0.724. The van der Waals surface area contributed by atoms with E-state index in [0.717, 1.165) is 25.7 Å². The summed E-state index contributed by atoms with van der Waals surface area (Å²) in [5.74, 6) is -0.0962. The Bertz CT molecular complexity index is 281. The van der Waals surface area contributed by atoms with Gasteiger partial charge < -0.3 is 5.11 Å². The number of nitrogens with zero attached hydrogens (tertiary/aromatic N) is 1. The Morgan fingerprint density at radius 1 is 1.31 bits per heavy atom. The van der Waals surface area contributed by atoms with Crippen molar-refractivity contribution in [3.8, 4) is 0 Å². The first-order valence-electron chi connectivity index (χ1n) is 6.18. The normalized spacial score (nSPS) is 31.0. The Hall–Kier alpha value is -0.900. The molecule has 0 aromatic heterocycles. The van der Waals surface area contributed by atoms with Gasteiger partial charge in [-0.2, -0.15) is 0 Å². The van der Waals surface area contributed by atoms with Gasteiger partial charge in [0.1, 0.15) is 0 Å². The van der Waals surface area contributed by atoms with Gasteiger partial charge in [-0.25, -0.2) is 0 Å². The highest BCUT2D eigenvalue weighted by atomic mass is 16.3. The molecule has 16 heavy (non-hydrogen) atoms. The number of likely N-dealkylation sites (tertiary alicyclic amines) is 1. The Kier molecular flexibility index (Phi) is 3.28. The molecule has 2 aliphatic rings. The molecule has 4 nitrogen and oxygen atoms in total. The maximum Gasteiger partial charge on any atom is 0.233 e. The number of imide groups is 1. The minimum Gasteiger partial charge on any atom is -0.396 e. The number of carbonyl (C=O) groups is 2. The fraction of sp³-hybridized carbons (Fsp3) is 0.833. The summed E-state index contributed by atoms with van der Waals surface area (Å²) < 4.78 is 0. The van der Waals surface area contributed by atoms with Gasteiger partial charge in [0.25, 0.3) is 0 Å². The fourth-order valence-corrected chi connectivity index (χ4v) is 3.04. The first-order chi connectivity index (χ1) is 7.70. The zero-order chi connectivity index (χ0) is 11.7. The molecule has 4 heteroatoms. The van der Waals surface area contributed by atoms with Crippen molar-refractivity contribution in [1.82, 2.24) is 4.90 Å². The van der Waals surface area contributed by atoms with Crippen LogP contribution in [0.25, 0.3) is 0 Å². The molecule has 1 saturated heterocycles. The molecule has 3 unspecified atom stereocenters. The lowest BCUT2D eigenvalue weighted by atomic mass is 10.00. The number of hydrogen-bond acceptors (Lipinski definition) is 3. The van der Waals surface area contributed by atoms with Crippen molar-refractivity contribution in [3.05, 3.63) is 0 Å². The molecule has 2 fully saturated rings. The summed E-state index contributed by atoms with van der Waals surface area (Å²) in [5, 5.41) is 8.95. The van der Waals surface area contributed by atoms with E-state index in [1.165, 1.54) is 4.90 Å². The number of carbonyl (C=O) groups excluding carboxylic acids is 2. The van der Waals surface area contributed by atoms with E-state index in [1.54, 1.807) is 0 Å². The molecule has 0 spiro atoms. The maximum atomic E-state index is 12.1. The lowest BCUT2D eigenvalue weighted by Gasteiger charge is -2.25. The SMILES string of the molecule is CCC(CCO)N1C(=O)C2CCCC2C1=O. The van der Waals surface area contributed by atoms with Crippen molar-refractivity contribution in [2.75, 3.05) is 6.61 Å². The van der Waals surface area contributed by atoms with Gasteiger partial charge in [-0.15, -0.1) is 0 Å². The standard InChI is InChI=1S/C12H19NO3/c1-2-8(6-7-14)13-11(15)9-4-3-5-10(9)12(13)16/h8-10,14H,2-7H2,1H3. The van der Waals surface area contributed by atoms with Gasteiger partial charge >= 0.3 is 0 Å². The molecule has 3 atom stereocenters. The molecule has 0 aromatic rings. The zero-order valence-electron chi connectivity index (χ0n) is 9.69. The highest BCUT2D eigenvalue weighted by Crippen LogP contribution is 2.41. The average molecular weight is 225 g/mol. The molecule has 90 valence electrons. The molecule has 1 aliphatic carbocycles. The van der Waals surface area contributed by atoms with Crippen LogP contribution in [0.3, 0.4) is 0 Å². The summed E-state index contributed by atoms with van der Waals surface area (Å²) in [7, 11) is 0. The monoisotopic (exact) mass is 225 g/mol. The number of fused-ring (bicyclic) bond motifs is 1. The van der Waals surface area contributed by atoms with Gasteiger partial charge in [-0.05, 0) is 25.7 Å². The van der Waals surface area contributed by atoms with Crippen LogP contribution in [0.5, 0.6) is 0 Å².